The fourth-order valence-electron chi connectivity index (χ4n) is 0.769. The summed E-state index contributed by atoms with van der Waals surface area (Å²) in [5.74, 6) is 0. The van der Waals surface area contributed by atoms with Crippen LogP contribution in [-0.4, -0.2) is 19.4 Å². The number of nitriles is 1. The van der Waals surface area contributed by atoms with Crippen molar-refractivity contribution in [2.24, 2.45) is 0 Å². The maximum absolute atomic E-state index is 11.5. The highest BCUT2D eigenvalue weighted by molar-refractivity contribution is 14.1. The van der Waals surface area contributed by atoms with Crippen LogP contribution < -0.4 is 4.72 Å². The molecule has 7 heteroatoms. The minimum absolute atomic E-state index is 0.193. The molecular weight excluding hydrogens is 335 g/mol. The molecule has 1 N–H and O–H groups in total. The zero-order valence-electron chi connectivity index (χ0n) is 7.03. The number of hydrogen-bond donors (Lipinski definition) is 1. The number of hydrogen-bond acceptors (Lipinski definition) is 4. The van der Waals surface area contributed by atoms with Crippen molar-refractivity contribution in [3.05, 3.63) is 17.0 Å². The van der Waals surface area contributed by atoms with Crippen LogP contribution in [0.3, 0.4) is 0 Å². The Labute approximate surface area is 100 Å². The van der Waals surface area contributed by atoms with Crippen molar-refractivity contribution in [2.75, 3.05) is 11.0 Å². The molecule has 0 aliphatic carbocycles. The van der Waals surface area contributed by atoms with Crippen molar-refractivity contribution in [2.45, 2.75) is 4.21 Å². The van der Waals surface area contributed by atoms with E-state index in [0.29, 0.717) is 15.8 Å². The van der Waals surface area contributed by atoms with Gasteiger partial charge in [0.25, 0.3) is 0 Å². The third-order valence-corrected chi connectivity index (χ3v) is 4.83. The van der Waals surface area contributed by atoms with Crippen LogP contribution in [0, 0.1) is 11.3 Å². The normalized spacial score (nSPS) is 11.1. The van der Waals surface area contributed by atoms with E-state index < -0.39 is 10.0 Å². The van der Waals surface area contributed by atoms with Crippen LogP contribution in [-0.2, 0) is 10.0 Å². The molecule has 14 heavy (non-hydrogen) atoms. The van der Waals surface area contributed by atoms with Gasteiger partial charge in [-0.05, 0) is 12.1 Å². The third kappa shape index (κ3) is 2.91. The highest BCUT2D eigenvalue weighted by atomic mass is 127. The van der Waals surface area contributed by atoms with Gasteiger partial charge >= 0.3 is 0 Å². The van der Waals surface area contributed by atoms with E-state index in [1.165, 1.54) is 12.1 Å². The molecule has 0 spiro atoms. The molecule has 0 saturated heterocycles. The molecule has 0 atom stereocenters. The second kappa shape index (κ2) is 5.06. The maximum atomic E-state index is 11.5. The number of nitrogens with zero attached hydrogens (tertiary/aromatic N) is 1. The number of nitrogens with one attached hydrogen (secondary N) is 1. The first-order valence-electron chi connectivity index (χ1n) is 3.65. The molecule has 4 nitrogen and oxygen atoms in total. The van der Waals surface area contributed by atoms with Gasteiger partial charge in [-0.3, -0.25) is 0 Å². The predicted molar refractivity (Wildman–Crippen MR) is 63.1 cm³/mol. The molecular formula is C7H7IN2O2S2. The Morgan fingerprint density at radius 1 is 1.57 bits per heavy atom. The van der Waals surface area contributed by atoms with Gasteiger partial charge in [0.15, 0.2) is 0 Å². The van der Waals surface area contributed by atoms with Crippen molar-refractivity contribution in [1.29, 1.82) is 5.26 Å². The van der Waals surface area contributed by atoms with Gasteiger partial charge in [0.1, 0.15) is 15.2 Å². The summed E-state index contributed by atoms with van der Waals surface area (Å²) in [6.07, 6.45) is 0. The number of rotatable bonds is 4. The smallest absolute Gasteiger partial charge is 0.210 e. The lowest BCUT2D eigenvalue weighted by Crippen LogP contribution is -2.24. The molecule has 76 valence electrons. The minimum Gasteiger partial charge on any atom is -0.210 e. The van der Waals surface area contributed by atoms with E-state index in [2.05, 4.69) is 27.3 Å². The van der Waals surface area contributed by atoms with E-state index in [4.69, 9.17) is 5.26 Å². The topological polar surface area (TPSA) is 70.0 Å². The van der Waals surface area contributed by atoms with Crippen LogP contribution in [0.4, 0.5) is 0 Å². The molecule has 0 amide bonds. The van der Waals surface area contributed by atoms with E-state index >= 15 is 0 Å². The average Bonchev–Trinajstić information content (AvgIpc) is 2.63. The SMILES string of the molecule is N#Cc1ccc(S(=O)(=O)NCCI)s1. The molecule has 1 heterocycles. The lowest BCUT2D eigenvalue weighted by molar-refractivity contribution is 0.586. The van der Waals surface area contributed by atoms with Crippen molar-refractivity contribution in [3.63, 3.8) is 0 Å². The Balaban J connectivity index is 2.88. The van der Waals surface area contributed by atoms with Crippen LogP contribution in [0.1, 0.15) is 4.88 Å². The molecule has 1 aromatic rings. The first kappa shape index (κ1) is 11.9. The summed E-state index contributed by atoms with van der Waals surface area (Å²) in [6.45, 7) is 0.405. The van der Waals surface area contributed by atoms with Crippen LogP contribution >= 0.6 is 33.9 Å². The molecule has 0 saturated carbocycles. The molecule has 0 aliphatic rings. The van der Waals surface area contributed by atoms with Gasteiger partial charge in [-0.25, -0.2) is 13.1 Å². The second-order valence-electron chi connectivity index (χ2n) is 2.32. The summed E-state index contributed by atoms with van der Waals surface area (Å²) in [5, 5.41) is 8.54. The summed E-state index contributed by atoms with van der Waals surface area (Å²) in [6, 6.07) is 4.85. The first-order valence-corrected chi connectivity index (χ1v) is 7.48. The Bertz CT molecular complexity index is 447. The Morgan fingerprint density at radius 2 is 2.29 bits per heavy atom. The molecule has 0 bridgehead atoms. The van der Waals surface area contributed by atoms with E-state index in [1.54, 1.807) is 0 Å². The lowest BCUT2D eigenvalue weighted by atomic mass is 10.5. The van der Waals surface area contributed by atoms with Crippen molar-refractivity contribution in [3.8, 4) is 6.07 Å². The van der Waals surface area contributed by atoms with Gasteiger partial charge in [-0.2, -0.15) is 5.26 Å². The fraction of sp³-hybridized carbons (Fsp3) is 0.286. The highest BCUT2D eigenvalue weighted by Gasteiger charge is 2.15. The number of alkyl halides is 1. The Kier molecular flexibility index (Phi) is 4.31. The zero-order chi connectivity index (χ0) is 10.6. The molecule has 0 unspecified atom stereocenters. The number of sulfonamides is 1. The monoisotopic (exact) mass is 342 g/mol. The minimum atomic E-state index is -3.40. The van der Waals surface area contributed by atoms with Gasteiger partial charge in [0.05, 0.1) is 0 Å². The van der Waals surface area contributed by atoms with Crippen molar-refractivity contribution < 1.29 is 8.42 Å². The molecule has 0 aromatic carbocycles. The second-order valence-corrected chi connectivity index (χ2v) is 6.47. The van der Waals surface area contributed by atoms with Gasteiger partial charge < -0.3 is 0 Å². The van der Waals surface area contributed by atoms with Crippen molar-refractivity contribution in [1.82, 2.24) is 4.72 Å². The van der Waals surface area contributed by atoms with E-state index in [0.717, 1.165) is 11.3 Å². The standard InChI is InChI=1S/C7H7IN2O2S2/c8-3-4-10-14(11,12)7-2-1-6(5-9)13-7/h1-2,10H,3-4H2. The quantitative estimate of drug-likeness (QED) is 0.663. The summed E-state index contributed by atoms with van der Waals surface area (Å²) < 4.78 is 26.4. The Hall–Kier alpha value is -0.170. The molecule has 0 fully saturated rings. The van der Waals surface area contributed by atoms with Crippen LogP contribution in [0.2, 0.25) is 0 Å². The van der Waals surface area contributed by atoms with Crippen LogP contribution in [0.5, 0.6) is 0 Å². The lowest BCUT2D eigenvalue weighted by Gasteiger charge is -2.00. The largest absolute Gasteiger partial charge is 0.250 e. The maximum Gasteiger partial charge on any atom is 0.250 e. The van der Waals surface area contributed by atoms with Crippen LogP contribution in [0.15, 0.2) is 16.3 Å². The summed E-state index contributed by atoms with van der Waals surface area (Å²) in [7, 11) is -3.40. The first-order chi connectivity index (χ1) is 6.60. The number of thiophene rings is 1. The molecule has 1 rings (SSSR count). The van der Waals surface area contributed by atoms with E-state index in [9.17, 15) is 8.42 Å². The van der Waals surface area contributed by atoms with Gasteiger partial charge in [-0.1, -0.05) is 22.6 Å². The molecule has 0 aliphatic heterocycles. The molecule has 0 radical (unpaired) electrons. The summed E-state index contributed by atoms with van der Waals surface area (Å²) >= 11 is 3.06. The summed E-state index contributed by atoms with van der Waals surface area (Å²) in [4.78, 5) is 0.403. The summed E-state index contributed by atoms with van der Waals surface area (Å²) in [5.41, 5.74) is 0. The zero-order valence-corrected chi connectivity index (χ0v) is 10.8. The number of halogens is 1. The average molecular weight is 342 g/mol. The Morgan fingerprint density at radius 3 is 2.79 bits per heavy atom. The fourth-order valence-corrected chi connectivity index (χ4v) is 3.58. The van der Waals surface area contributed by atoms with Gasteiger partial charge in [0, 0.05) is 11.0 Å². The van der Waals surface area contributed by atoms with Gasteiger partial charge in [0.2, 0.25) is 10.0 Å². The van der Waals surface area contributed by atoms with E-state index in [1.807, 2.05) is 6.07 Å². The highest BCUT2D eigenvalue weighted by Crippen LogP contribution is 2.20. The van der Waals surface area contributed by atoms with Crippen LogP contribution in [0.25, 0.3) is 0 Å². The van der Waals surface area contributed by atoms with E-state index in [-0.39, 0.29) is 4.21 Å². The van der Waals surface area contributed by atoms with Gasteiger partial charge in [-0.15, -0.1) is 11.3 Å². The molecule has 1 aromatic heterocycles. The van der Waals surface area contributed by atoms with Crippen molar-refractivity contribution >= 4 is 44.0 Å². The third-order valence-electron chi connectivity index (χ3n) is 1.34. The predicted octanol–water partition coefficient (Wildman–Crippen LogP) is 1.33.